The topological polar surface area (TPSA) is 84.5 Å². The summed E-state index contributed by atoms with van der Waals surface area (Å²) < 4.78 is 4.88. The van der Waals surface area contributed by atoms with Gasteiger partial charge >= 0.3 is 5.97 Å². The van der Waals surface area contributed by atoms with Crippen LogP contribution in [0, 0.1) is 20.8 Å². The van der Waals surface area contributed by atoms with E-state index in [1.807, 2.05) is 39.0 Å². The molecule has 0 aliphatic rings. The Balaban J connectivity index is 1.76. The van der Waals surface area contributed by atoms with Gasteiger partial charge in [-0.25, -0.2) is 0 Å². The first kappa shape index (κ1) is 19.2. The summed E-state index contributed by atoms with van der Waals surface area (Å²) >= 11 is 0. The molecule has 0 aliphatic heterocycles. The van der Waals surface area contributed by atoms with Crippen molar-refractivity contribution in [1.82, 2.24) is 5.32 Å². The molecule has 2 N–H and O–H groups in total. The van der Waals surface area contributed by atoms with Gasteiger partial charge in [0.1, 0.15) is 6.54 Å². The molecule has 26 heavy (non-hydrogen) atoms. The molecule has 0 fully saturated rings. The average Bonchev–Trinajstić information content (AvgIpc) is 2.60. The normalized spacial score (nSPS) is 10.1. The zero-order chi connectivity index (χ0) is 19.1. The van der Waals surface area contributed by atoms with Crippen LogP contribution in [0.4, 0.5) is 5.69 Å². The van der Waals surface area contributed by atoms with Gasteiger partial charge < -0.3 is 15.4 Å². The molecule has 6 nitrogen and oxygen atoms in total. The van der Waals surface area contributed by atoms with Crippen molar-refractivity contribution in [2.75, 3.05) is 18.5 Å². The van der Waals surface area contributed by atoms with Gasteiger partial charge in [0.25, 0.3) is 11.8 Å². The highest BCUT2D eigenvalue weighted by Crippen LogP contribution is 2.15. The van der Waals surface area contributed by atoms with Crippen molar-refractivity contribution in [2.45, 2.75) is 20.8 Å². The maximum atomic E-state index is 11.9. The standard InChI is InChI=1S/C20H22N2O4/c1-13-5-4-6-16(10-13)20(25)21-11-19(24)26-12-18(23)22-17-8-7-14(2)9-15(17)3/h4-10H,11-12H2,1-3H3,(H,21,25)(H,22,23). The number of hydrogen-bond acceptors (Lipinski definition) is 4. The van der Waals surface area contributed by atoms with E-state index >= 15 is 0 Å². The number of carbonyl (C=O) groups is 3. The second-order valence-corrected chi connectivity index (χ2v) is 6.08. The SMILES string of the molecule is Cc1cccc(C(=O)NCC(=O)OCC(=O)Nc2ccc(C)cc2C)c1. The lowest BCUT2D eigenvalue weighted by atomic mass is 10.1. The Kier molecular flexibility index (Phi) is 6.49. The van der Waals surface area contributed by atoms with Crippen LogP contribution in [0.15, 0.2) is 42.5 Å². The number of carbonyl (C=O) groups excluding carboxylic acids is 3. The minimum absolute atomic E-state index is 0.302. The molecule has 6 heteroatoms. The van der Waals surface area contributed by atoms with Gasteiger partial charge in [0.15, 0.2) is 6.61 Å². The fourth-order valence-corrected chi connectivity index (χ4v) is 2.38. The van der Waals surface area contributed by atoms with Crippen molar-refractivity contribution in [3.8, 4) is 0 Å². The van der Waals surface area contributed by atoms with E-state index in [-0.39, 0.29) is 12.5 Å². The van der Waals surface area contributed by atoms with Gasteiger partial charge in [-0.3, -0.25) is 14.4 Å². The summed E-state index contributed by atoms with van der Waals surface area (Å²) in [5.41, 5.74) is 4.10. The molecule has 0 spiro atoms. The third-order valence-electron chi connectivity index (χ3n) is 3.69. The lowest BCUT2D eigenvalue weighted by molar-refractivity contribution is -0.146. The number of aryl methyl sites for hydroxylation is 3. The van der Waals surface area contributed by atoms with Crippen molar-refractivity contribution in [3.05, 3.63) is 64.7 Å². The smallest absolute Gasteiger partial charge is 0.325 e. The highest BCUT2D eigenvalue weighted by atomic mass is 16.5. The van der Waals surface area contributed by atoms with Crippen molar-refractivity contribution in [2.24, 2.45) is 0 Å². The Morgan fingerprint density at radius 2 is 1.69 bits per heavy atom. The summed E-state index contributed by atoms with van der Waals surface area (Å²) in [6, 6.07) is 12.6. The number of amides is 2. The van der Waals surface area contributed by atoms with Gasteiger partial charge in [-0.2, -0.15) is 0 Å². The minimum Gasteiger partial charge on any atom is -0.454 e. The van der Waals surface area contributed by atoms with Crippen LogP contribution < -0.4 is 10.6 Å². The maximum Gasteiger partial charge on any atom is 0.325 e. The number of anilines is 1. The summed E-state index contributed by atoms with van der Waals surface area (Å²) in [6.45, 7) is 5.01. The molecule has 0 saturated carbocycles. The van der Waals surface area contributed by atoms with E-state index in [2.05, 4.69) is 10.6 Å². The van der Waals surface area contributed by atoms with Crippen LogP contribution in [-0.4, -0.2) is 30.9 Å². The van der Waals surface area contributed by atoms with Crippen LogP contribution in [0.1, 0.15) is 27.0 Å². The Bertz CT molecular complexity index is 830. The molecule has 0 atom stereocenters. The zero-order valence-corrected chi connectivity index (χ0v) is 15.1. The number of ether oxygens (including phenoxy) is 1. The number of esters is 1. The van der Waals surface area contributed by atoms with E-state index in [9.17, 15) is 14.4 Å². The molecule has 0 radical (unpaired) electrons. The molecule has 2 amide bonds. The fourth-order valence-electron chi connectivity index (χ4n) is 2.38. The quantitative estimate of drug-likeness (QED) is 0.781. The van der Waals surface area contributed by atoms with E-state index in [1.165, 1.54) is 0 Å². The second kappa shape index (κ2) is 8.80. The van der Waals surface area contributed by atoms with Gasteiger partial charge in [-0.1, -0.05) is 35.4 Å². The molecule has 0 heterocycles. The Morgan fingerprint density at radius 1 is 0.962 bits per heavy atom. The lowest BCUT2D eigenvalue weighted by Crippen LogP contribution is -2.32. The third-order valence-corrected chi connectivity index (χ3v) is 3.69. The molecule has 2 rings (SSSR count). The van der Waals surface area contributed by atoms with Crippen LogP contribution in [0.3, 0.4) is 0 Å². The van der Waals surface area contributed by atoms with Crippen molar-refractivity contribution < 1.29 is 19.1 Å². The summed E-state index contributed by atoms with van der Waals surface area (Å²) in [7, 11) is 0. The third kappa shape index (κ3) is 5.73. The Morgan fingerprint density at radius 3 is 2.38 bits per heavy atom. The maximum absolute atomic E-state index is 11.9. The monoisotopic (exact) mass is 354 g/mol. The molecule has 0 bridgehead atoms. The average molecular weight is 354 g/mol. The van der Waals surface area contributed by atoms with Crippen molar-refractivity contribution >= 4 is 23.5 Å². The minimum atomic E-state index is -0.679. The van der Waals surface area contributed by atoms with E-state index in [1.54, 1.807) is 24.3 Å². The van der Waals surface area contributed by atoms with E-state index < -0.39 is 18.5 Å². The van der Waals surface area contributed by atoms with Gasteiger partial charge in [-0.05, 0) is 44.5 Å². The zero-order valence-electron chi connectivity index (χ0n) is 15.1. The second-order valence-electron chi connectivity index (χ2n) is 6.08. The van der Waals surface area contributed by atoms with Crippen molar-refractivity contribution in [1.29, 1.82) is 0 Å². The molecule has 0 aromatic heterocycles. The number of hydrogen-bond donors (Lipinski definition) is 2. The molecule has 0 saturated heterocycles. The first-order valence-corrected chi connectivity index (χ1v) is 8.23. The summed E-state index contributed by atoms with van der Waals surface area (Å²) in [5, 5.41) is 5.16. The predicted octanol–water partition coefficient (Wildman–Crippen LogP) is 2.52. The number of benzene rings is 2. The molecule has 136 valence electrons. The number of nitrogens with one attached hydrogen (secondary N) is 2. The van der Waals surface area contributed by atoms with Gasteiger partial charge in [0.2, 0.25) is 0 Å². The first-order chi connectivity index (χ1) is 12.3. The lowest BCUT2D eigenvalue weighted by Gasteiger charge is -2.10. The highest BCUT2D eigenvalue weighted by molar-refractivity contribution is 5.96. The summed E-state index contributed by atoms with van der Waals surface area (Å²) in [4.78, 5) is 35.5. The predicted molar refractivity (Wildman–Crippen MR) is 99.0 cm³/mol. The molecular weight excluding hydrogens is 332 g/mol. The Labute approximate surface area is 152 Å². The van der Waals surface area contributed by atoms with Gasteiger partial charge in [-0.15, -0.1) is 0 Å². The molecular formula is C20H22N2O4. The Hall–Kier alpha value is -3.15. The highest BCUT2D eigenvalue weighted by Gasteiger charge is 2.11. The van der Waals surface area contributed by atoms with E-state index in [0.717, 1.165) is 16.7 Å². The van der Waals surface area contributed by atoms with E-state index in [0.29, 0.717) is 11.3 Å². The van der Waals surface area contributed by atoms with Crippen LogP contribution in [-0.2, 0) is 14.3 Å². The van der Waals surface area contributed by atoms with Gasteiger partial charge in [0, 0.05) is 11.3 Å². The molecule has 2 aromatic carbocycles. The largest absolute Gasteiger partial charge is 0.454 e. The molecule has 2 aromatic rings. The van der Waals surface area contributed by atoms with Crippen molar-refractivity contribution in [3.63, 3.8) is 0 Å². The summed E-state index contributed by atoms with van der Waals surface area (Å²) in [5.74, 6) is -1.48. The van der Waals surface area contributed by atoms with Crippen LogP contribution >= 0.6 is 0 Å². The van der Waals surface area contributed by atoms with Gasteiger partial charge in [0.05, 0.1) is 0 Å². The van der Waals surface area contributed by atoms with Crippen LogP contribution in [0.5, 0.6) is 0 Å². The molecule has 0 aliphatic carbocycles. The molecule has 0 unspecified atom stereocenters. The summed E-state index contributed by atoms with van der Waals surface area (Å²) in [6.07, 6.45) is 0. The van der Waals surface area contributed by atoms with Crippen LogP contribution in [0.25, 0.3) is 0 Å². The van der Waals surface area contributed by atoms with Crippen LogP contribution in [0.2, 0.25) is 0 Å². The van der Waals surface area contributed by atoms with E-state index in [4.69, 9.17) is 4.74 Å². The first-order valence-electron chi connectivity index (χ1n) is 8.23. The number of rotatable bonds is 6. The fraction of sp³-hybridized carbons (Fsp3) is 0.250.